The summed E-state index contributed by atoms with van der Waals surface area (Å²) >= 11 is 5.76. The Balaban J connectivity index is 1.56. The maximum atomic E-state index is 14.7. The molecule has 2 heterocycles. The SMILES string of the molecule is BC(NC(=O)C(F)(F)c1ccc(Cl)cc1)c1ccc2c(c1)CN([C@]1(B)C(=O)NC(=O)C(B)(B)C1B)C2=O. The number of imide groups is 1. The Morgan fingerprint density at radius 3 is 2.35 bits per heavy atom. The molecule has 2 N–H and O–H groups in total. The van der Waals surface area contributed by atoms with E-state index in [9.17, 15) is 28.0 Å². The number of carbonyl (C=O) groups is 4. The number of nitrogens with zero attached hydrogens (tertiary/aromatic N) is 1. The molecule has 1 fully saturated rings. The Morgan fingerprint density at radius 1 is 1.11 bits per heavy atom. The van der Waals surface area contributed by atoms with E-state index in [0.29, 0.717) is 16.7 Å². The van der Waals surface area contributed by atoms with Gasteiger partial charge in [0.25, 0.3) is 11.8 Å². The standard InChI is InChI=1S/C22H23B5ClF2N3O4/c23-14(31-19(37)22(29,30)11-2-4-12(28)5-3-11)9-1-6-13-10(7-9)8-33(15(13)34)21(27)16(24)20(25,26)17(35)32-18(21)36/h1-7,14,16H,8,23-27H2,(H,31,37)(H,32,35,36)/t14?,16?,21-/m0/s1. The molecular formula is C22H23B5ClF2N3O4. The Kier molecular flexibility index (Phi) is 6.63. The second-order valence-electron chi connectivity index (χ2n) is 10.5. The van der Waals surface area contributed by atoms with E-state index in [4.69, 9.17) is 11.6 Å². The molecule has 3 atom stereocenters. The van der Waals surface area contributed by atoms with Gasteiger partial charge in [-0.1, -0.05) is 35.9 Å². The third kappa shape index (κ3) is 4.29. The van der Waals surface area contributed by atoms with E-state index in [1.807, 2.05) is 0 Å². The Bertz CT molecular complexity index is 1330. The van der Waals surface area contributed by atoms with Gasteiger partial charge in [0.05, 0.1) is 5.44 Å². The van der Waals surface area contributed by atoms with Crippen LogP contribution in [0.5, 0.6) is 0 Å². The first kappa shape index (κ1) is 27.0. The lowest BCUT2D eigenvalue weighted by atomic mass is 9.35. The third-order valence-corrected chi connectivity index (χ3v) is 8.28. The first-order chi connectivity index (χ1) is 17.1. The molecule has 186 valence electrons. The number of halogens is 3. The fourth-order valence-corrected chi connectivity index (χ4v) is 5.12. The molecule has 4 rings (SSSR count). The van der Waals surface area contributed by atoms with E-state index in [-0.39, 0.29) is 17.5 Å². The molecule has 0 bridgehead atoms. The minimum atomic E-state index is -3.77. The number of hydrogen-bond donors (Lipinski definition) is 2. The molecular weight excluding hydrogens is 498 g/mol. The minimum Gasteiger partial charge on any atom is -0.352 e. The Hall–Kier alpha value is -3.01. The van der Waals surface area contributed by atoms with Crippen LogP contribution in [0.1, 0.15) is 33.0 Å². The topological polar surface area (TPSA) is 95.6 Å². The van der Waals surface area contributed by atoms with Crippen molar-refractivity contribution in [2.45, 2.75) is 34.9 Å². The first-order valence-electron chi connectivity index (χ1n) is 11.9. The third-order valence-electron chi connectivity index (χ3n) is 8.03. The van der Waals surface area contributed by atoms with Crippen LogP contribution >= 0.6 is 11.6 Å². The summed E-state index contributed by atoms with van der Waals surface area (Å²) in [5, 5.41) is 4.13. The highest BCUT2D eigenvalue weighted by atomic mass is 35.5. The van der Waals surface area contributed by atoms with E-state index in [1.165, 1.54) is 17.0 Å². The van der Waals surface area contributed by atoms with Crippen LogP contribution in [0.15, 0.2) is 42.5 Å². The molecule has 2 unspecified atom stereocenters. The number of amides is 4. The van der Waals surface area contributed by atoms with Gasteiger partial charge in [0, 0.05) is 28.6 Å². The number of piperidine rings is 1. The average Bonchev–Trinajstić information content (AvgIpc) is 3.18. The second kappa shape index (κ2) is 9.08. The zero-order chi connectivity index (χ0) is 27.5. The van der Waals surface area contributed by atoms with E-state index in [2.05, 4.69) is 10.6 Å². The van der Waals surface area contributed by atoms with Crippen molar-refractivity contribution < 1.29 is 28.0 Å². The van der Waals surface area contributed by atoms with E-state index >= 15 is 0 Å². The van der Waals surface area contributed by atoms with Gasteiger partial charge in [0.15, 0.2) is 0 Å². The summed E-state index contributed by atoms with van der Waals surface area (Å²) in [5.41, 5.74) is -0.260. The molecule has 0 radical (unpaired) electrons. The van der Waals surface area contributed by atoms with Crippen molar-refractivity contribution in [3.63, 3.8) is 0 Å². The lowest BCUT2D eigenvalue weighted by molar-refractivity contribution is -0.147. The van der Waals surface area contributed by atoms with Gasteiger partial charge in [-0.3, -0.25) is 24.5 Å². The minimum absolute atomic E-state index is 0.0993. The predicted molar refractivity (Wildman–Crippen MR) is 148 cm³/mol. The number of benzene rings is 2. The van der Waals surface area contributed by atoms with Crippen molar-refractivity contribution in [3.8, 4) is 0 Å². The van der Waals surface area contributed by atoms with Gasteiger partial charge in [0.1, 0.15) is 39.2 Å². The van der Waals surface area contributed by atoms with Crippen molar-refractivity contribution >= 4 is 74.5 Å². The molecule has 4 amide bonds. The van der Waals surface area contributed by atoms with Crippen LogP contribution < -0.4 is 10.6 Å². The average molecular weight is 521 g/mol. The van der Waals surface area contributed by atoms with Crippen molar-refractivity contribution in [1.82, 2.24) is 15.5 Å². The lowest BCUT2D eigenvalue weighted by Crippen LogP contribution is -2.70. The molecule has 7 nitrogen and oxygen atoms in total. The van der Waals surface area contributed by atoms with Gasteiger partial charge in [0.2, 0.25) is 11.8 Å². The number of alkyl halides is 2. The fraction of sp³-hybridized carbons (Fsp3) is 0.273. The number of hydrogen-bond acceptors (Lipinski definition) is 4. The van der Waals surface area contributed by atoms with Crippen LogP contribution in [-0.4, -0.2) is 73.2 Å². The zero-order valence-corrected chi connectivity index (χ0v) is 21.9. The number of nitrogens with one attached hydrogen (secondary N) is 2. The van der Waals surface area contributed by atoms with Crippen LogP contribution in [0.4, 0.5) is 8.78 Å². The second-order valence-corrected chi connectivity index (χ2v) is 10.9. The largest absolute Gasteiger partial charge is 0.352 e. The summed E-state index contributed by atoms with van der Waals surface area (Å²) in [6, 6.07) is 9.60. The molecule has 2 aromatic carbocycles. The zero-order valence-electron chi connectivity index (χ0n) is 21.1. The van der Waals surface area contributed by atoms with Crippen molar-refractivity contribution in [2.24, 2.45) is 0 Å². The quantitative estimate of drug-likeness (QED) is 0.340. The maximum Gasteiger partial charge on any atom is 0.349 e. The monoisotopic (exact) mass is 521 g/mol. The highest BCUT2D eigenvalue weighted by molar-refractivity contribution is 6.58. The summed E-state index contributed by atoms with van der Waals surface area (Å²) in [6.45, 7) is 0.0993. The van der Waals surface area contributed by atoms with Gasteiger partial charge in [-0.05, 0) is 40.4 Å². The molecule has 2 aromatic rings. The lowest BCUT2D eigenvalue weighted by Gasteiger charge is -2.51. The summed E-state index contributed by atoms with van der Waals surface area (Å²) in [4.78, 5) is 52.6. The van der Waals surface area contributed by atoms with Gasteiger partial charge in [-0.15, -0.1) is 0 Å². The Morgan fingerprint density at radius 2 is 1.73 bits per heavy atom. The molecule has 0 aromatic heterocycles. The van der Waals surface area contributed by atoms with Crippen molar-refractivity contribution in [3.05, 3.63) is 69.7 Å². The predicted octanol–water partition coefficient (Wildman–Crippen LogP) is -2.37. The molecule has 1 saturated heterocycles. The van der Waals surface area contributed by atoms with Crippen LogP contribution in [-0.2, 0) is 26.9 Å². The summed E-state index contributed by atoms with van der Waals surface area (Å²) < 4.78 is 29.4. The van der Waals surface area contributed by atoms with E-state index in [1.54, 1.807) is 57.4 Å². The molecule has 2 aliphatic rings. The van der Waals surface area contributed by atoms with E-state index < -0.39 is 51.6 Å². The highest BCUT2D eigenvalue weighted by Crippen LogP contribution is 2.47. The van der Waals surface area contributed by atoms with Crippen LogP contribution in [0, 0.1) is 0 Å². The molecule has 0 saturated carbocycles. The molecule has 37 heavy (non-hydrogen) atoms. The van der Waals surface area contributed by atoms with Crippen LogP contribution in [0.3, 0.4) is 0 Å². The number of carbonyl (C=O) groups excluding carboxylic acids is 4. The normalized spacial score (nSPS) is 23.8. The van der Waals surface area contributed by atoms with Gasteiger partial charge in [-0.25, -0.2) is 0 Å². The summed E-state index contributed by atoms with van der Waals surface area (Å²) in [6.07, 6.45) is 0. The van der Waals surface area contributed by atoms with Crippen LogP contribution in [0.2, 0.25) is 16.1 Å². The van der Waals surface area contributed by atoms with Crippen molar-refractivity contribution in [2.75, 3.05) is 0 Å². The number of fused-ring (bicyclic) bond motifs is 1. The van der Waals surface area contributed by atoms with Crippen LogP contribution in [0.25, 0.3) is 0 Å². The molecule has 2 aliphatic heterocycles. The summed E-state index contributed by atoms with van der Waals surface area (Å²) in [5.74, 6) is -7.80. The van der Waals surface area contributed by atoms with Gasteiger partial charge < -0.3 is 10.2 Å². The molecule has 15 heteroatoms. The molecule has 0 aliphatic carbocycles. The highest BCUT2D eigenvalue weighted by Gasteiger charge is 2.58. The van der Waals surface area contributed by atoms with Gasteiger partial charge in [-0.2, -0.15) is 8.78 Å². The molecule has 0 spiro atoms. The Labute approximate surface area is 222 Å². The summed E-state index contributed by atoms with van der Waals surface area (Å²) in [7, 11) is 8.45. The smallest absolute Gasteiger partial charge is 0.349 e. The number of rotatable bonds is 5. The van der Waals surface area contributed by atoms with E-state index in [0.717, 1.165) is 12.1 Å². The van der Waals surface area contributed by atoms with Crippen molar-refractivity contribution in [1.29, 1.82) is 0 Å². The van der Waals surface area contributed by atoms with Gasteiger partial charge >= 0.3 is 5.92 Å². The maximum absolute atomic E-state index is 14.7. The first-order valence-corrected chi connectivity index (χ1v) is 12.2. The fourth-order valence-electron chi connectivity index (χ4n) is 4.99.